The zero-order chi connectivity index (χ0) is 18.8. The van der Waals surface area contributed by atoms with Crippen LogP contribution in [-0.4, -0.2) is 22.1 Å². The summed E-state index contributed by atoms with van der Waals surface area (Å²) in [6.45, 7) is 3.75. The Labute approximate surface area is 155 Å². The molecular formula is C20H19N3O4. The van der Waals surface area contributed by atoms with Crippen LogP contribution in [0, 0.1) is 6.92 Å². The topological polar surface area (TPSA) is 94.3 Å². The van der Waals surface area contributed by atoms with Crippen LogP contribution in [0.2, 0.25) is 0 Å². The summed E-state index contributed by atoms with van der Waals surface area (Å²) in [7, 11) is 0. The van der Waals surface area contributed by atoms with Crippen LogP contribution in [-0.2, 0) is 6.42 Å². The maximum atomic E-state index is 12.9. The number of pyridine rings is 1. The van der Waals surface area contributed by atoms with Crippen LogP contribution in [0.1, 0.15) is 35.2 Å². The lowest BCUT2D eigenvalue weighted by molar-refractivity contribution is 0.0939. The normalized spacial score (nSPS) is 12.4. The van der Waals surface area contributed by atoms with Crippen LogP contribution in [0.25, 0.3) is 22.6 Å². The van der Waals surface area contributed by atoms with Crippen LogP contribution in [0.15, 0.2) is 56.2 Å². The van der Waals surface area contributed by atoms with Crippen LogP contribution in [0.3, 0.4) is 0 Å². The molecule has 1 unspecified atom stereocenters. The lowest BCUT2D eigenvalue weighted by atomic mass is 10.1. The average Bonchev–Trinajstić information content (AvgIpc) is 3.42. The lowest BCUT2D eigenvalue weighted by Gasteiger charge is -2.14. The number of rotatable bonds is 6. The quantitative estimate of drug-likeness (QED) is 0.552. The molecule has 138 valence electrons. The van der Waals surface area contributed by atoms with E-state index in [4.69, 9.17) is 13.4 Å². The predicted molar refractivity (Wildman–Crippen MR) is 98.2 cm³/mol. The van der Waals surface area contributed by atoms with Crippen molar-refractivity contribution in [2.45, 2.75) is 32.7 Å². The molecule has 27 heavy (non-hydrogen) atoms. The number of hydrogen-bond donors (Lipinski definition) is 1. The zero-order valence-electron chi connectivity index (χ0n) is 15.1. The molecule has 0 spiro atoms. The van der Waals surface area contributed by atoms with Gasteiger partial charge in [-0.15, -0.1) is 0 Å². The molecule has 1 N–H and O–H groups in total. The van der Waals surface area contributed by atoms with E-state index < -0.39 is 0 Å². The molecule has 0 saturated heterocycles. The minimum absolute atomic E-state index is 0.0296. The minimum atomic E-state index is -0.201. The molecular weight excluding hydrogens is 346 g/mol. The van der Waals surface area contributed by atoms with Gasteiger partial charge < -0.3 is 18.7 Å². The predicted octanol–water partition coefficient (Wildman–Crippen LogP) is 4.14. The van der Waals surface area contributed by atoms with Crippen molar-refractivity contribution < 1.29 is 18.2 Å². The highest BCUT2D eigenvalue weighted by molar-refractivity contribution is 6.06. The van der Waals surface area contributed by atoms with Crippen molar-refractivity contribution >= 4 is 17.0 Å². The third kappa shape index (κ3) is 3.48. The molecule has 4 heterocycles. The maximum absolute atomic E-state index is 12.9. The second kappa shape index (κ2) is 7.11. The van der Waals surface area contributed by atoms with Gasteiger partial charge in [-0.2, -0.15) is 0 Å². The van der Waals surface area contributed by atoms with Crippen molar-refractivity contribution in [3.63, 3.8) is 0 Å². The van der Waals surface area contributed by atoms with E-state index in [-0.39, 0.29) is 11.9 Å². The van der Waals surface area contributed by atoms with Gasteiger partial charge in [0.15, 0.2) is 5.76 Å². The first-order valence-corrected chi connectivity index (χ1v) is 8.76. The molecule has 0 aromatic carbocycles. The molecule has 7 nitrogen and oxygen atoms in total. The first-order chi connectivity index (χ1) is 13.1. The highest BCUT2D eigenvalue weighted by Gasteiger charge is 2.21. The minimum Gasteiger partial charge on any atom is -0.469 e. The smallest absolute Gasteiger partial charge is 0.259 e. The number of nitrogens with zero attached hydrogens (tertiary/aromatic N) is 2. The van der Waals surface area contributed by atoms with E-state index in [1.807, 2.05) is 19.1 Å². The summed E-state index contributed by atoms with van der Waals surface area (Å²) < 4.78 is 16.0. The first-order valence-electron chi connectivity index (χ1n) is 8.76. The van der Waals surface area contributed by atoms with Crippen LogP contribution in [0.5, 0.6) is 0 Å². The van der Waals surface area contributed by atoms with E-state index in [2.05, 4.69) is 15.5 Å². The molecule has 0 aliphatic carbocycles. The van der Waals surface area contributed by atoms with E-state index in [1.165, 1.54) is 0 Å². The summed E-state index contributed by atoms with van der Waals surface area (Å²) in [4.78, 5) is 17.4. The highest BCUT2D eigenvalue weighted by atomic mass is 16.5. The van der Waals surface area contributed by atoms with Gasteiger partial charge in [-0.1, -0.05) is 5.16 Å². The van der Waals surface area contributed by atoms with Gasteiger partial charge >= 0.3 is 0 Å². The summed E-state index contributed by atoms with van der Waals surface area (Å²) in [6.07, 6.45) is 4.73. The van der Waals surface area contributed by atoms with Crippen LogP contribution in [0.4, 0.5) is 0 Å². The summed E-state index contributed by atoms with van der Waals surface area (Å²) in [6, 6.07) is 9.01. The molecule has 0 aliphatic heterocycles. The number of carbonyl (C=O) groups is 1. The monoisotopic (exact) mass is 365 g/mol. The van der Waals surface area contributed by atoms with Gasteiger partial charge in [0.2, 0.25) is 0 Å². The number of nitrogens with one attached hydrogen (secondary N) is 1. The van der Waals surface area contributed by atoms with Gasteiger partial charge in [-0.05, 0) is 50.6 Å². The van der Waals surface area contributed by atoms with Crippen molar-refractivity contribution in [3.8, 4) is 11.5 Å². The van der Waals surface area contributed by atoms with E-state index in [1.54, 1.807) is 37.6 Å². The standard InChI is InChI=1S/C20H19N3O4/c1-12(7-8-14-5-3-9-25-14)21-19(24)15-11-16(17-6-4-10-26-17)22-20-18(15)13(2)23-27-20/h3-6,9-12H,7-8H2,1-2H3,(H,21,24). The number of furan rings is 2. The molecule has 0 saturated carbocycles. The number of carbonyl (C=O) groups excluding carboxylic acids is 1. The molecule has 0 aliphatic rings. The van der Waals surface area contributed by atoms with Gasteiger partial charge in [-0.25, -0.2) is 4.98 Å². The average molecular weight is 365 g/mol. The maximum Gasteiger partial charge on any atom is 0.259 e. The third-order valence-corrected chi connectivity index (χ3v) is 4.42. The Kier molecular flexibility index (Phi) is 4.50. The Balaban J connectivity index is 1.59. The van der Waals surface area contributed by atoms with E-state index in [9.17, 15) is 4.79 Å². The summed E-state index contributed by atoms with van der Waals surface area (Å²) >= 11 is 0. The molecule has 7 heteroatoms. The van der Waals surface area contributed by atoms with Gasteiger partial charge in [0.1, 0.15) is 11.5 Å². The lowest BCUT2D eigenvalue weighted by Crippen LogP contribution is -2.33. The number of aromatic nitrogens is 2. The summed E-state index contributed by atoms with van der Waals surface area (Å²) in [5.41, 5.74) is 1.93. The van der Waals surface area contributed by atoms with Crippen LogP contribution < -0.4 is 5.32 Å². The summed E-state index contributed by atoms with van der Waals surface area (Å²) in [5.74, 6) is 1.26. The van der Waals surface area contributed by atoms with Crippen molar-refractivity contribution in [1.29, 1.82) is 0 Å². The number of amides is 1. The fourth-order valence-corrected chi connectivity index (χ4v) is 3.01. The number of hydrogen-bond acceptors (Lipinski definition) is 6. The Bertz CT molecular complexity index is 1050. The molecule has 4 aromatic rings. The fraction of sp³-hybridized carbons (Fsp3) is 0.250. The van der Waals surface area contributed by atoms with Gasteiger partial charge in [0.25, 0.3) is 11.6 Å². The van der Waals surface area contributed by atoms with E-state index >= 15 is 0 Å². The molecule has 4 aromatic heterocycles. The van der Waals surface area contributed by atoms with Gasteiger partial charge in [-0.3, -0.25) is 4.79 Å². The van der Waals surface area contributed by atoms with Gasteiger partial charge in [0, 0.05) is 12.5 Å². The van der Waals surface area contributed by atoms with Crippen molar-refractivity contribution in [2.75, 3.05) is 0 Å². The molecule has 0 bridgehead atoms. The SMILES string of the molecule is Cc1noc2nc(-c3ccco3)cc(C(=O)NC(C)CCc3ccco3)c12. The Morgan fingerprint density at radius 3 is 2.78 bits per heavy atom. The molecule has 1 amide bonds. The Morgan fingerprint density at radius 2 is 2.04 bits per heavy atom. The second-order valence-electron chi connectivity index (χ2n) is 6.47. The van der Waals surface area contributed by atoms with E-state index in [0.29, 0.717) is 33.8 Å². The molecule has 1 atom stereocenters. The van der Waals surface area contributed by atoms with Gasteiger partial charge in [0.05, 0.1) is 29.2 Å². The number of fused-ring (bicyclic) bond motifs is 1. The Morgan fingerprint density at radius 1 is 1.22 bits per heavy atom. The first kappa shape index (κ1) is 17.1. The number of aryl methyl sites for hydroxylation is 2. The third-order valence-electron chi connectivity index (χ3n) is 4.42. The van der Waals surface area contributed by atoms with E-state index in [0.717, 1.165) is 18.6 Å². The zero-order valence-corrected chi connectivity index (χ0v) is 15.1. The molecule has 0 radical (unpaired) electrons. The second-order valence-corrected chi connectivity index (χ2v) is 6.47. The van der Waals surface area contributed by atoms with Crippen molar-refractivity contribution in [2.24, 2.45) is 0 Å². The molecule has 0 fully saturated rings. The Hall–Kier alpha value is -3.35. The van der Waals surface area contributed by atoms with Crippen molar-refractivity contribution in [3.05, 3.63) is 59.9 Å². The highest BCUT2D eigenvalue weighted by Crippen LogP contribution is 2.27. The fourth-order valence-electron chi connectivity index (χ4n) is 3.01. The molecule has 4 rings (SSSR count). The summed E-state index contributed by atoms with van der Waals surface area (Å²) in [5, 5.41) is 7.59. The van der Waals surface area contributed by atoms with Crippen molar-refractivity contribution in [1.82, 2.24) is 15.5 Å². The van der Waals surface area contributed by atoms with Crippen LogP contribution >= 0.6 is 0 Å². The largest absolute Gasteiger partial charge is 0.469 e.